The summed E-state index contributed by atoms with van der Waals surface area (Å²) in [7, 11) is 0. The summed E-state index contributed by atoms with van der Waals surface area (Å²) >= 11 is 1.82. The molecular weight excluding hydrogens is 324 g/mol. The van der Waals surface area contributed by atoms with Crippen molar-refractivity contribution in [2.75, 3.05) is 6.26 Å². The minimum absolute atomic E-state index is 0.0219. The minimum atomic E-state index is -0.226. The van der Waals surface area contributed by atoms with E-state index >= 15 is 0 Å². The fraction of sp³-hybridized carbons (Fsp3) is 0.696. The number of carbonyl (C=O) groups excluding carboxylic acids is 1. The van der Waals surface area contributed by atoms with Gasteiger partial charge < -0.3 is 0 Å². The molecule has 1 aliphatic rings. The summed E-state index contributed by atoms with van der Waals surface area (Å²) in [6.45, 7) is 4.60. The van der Waals surface area contributed by atoms with Crippen molar-refractivity contribution in [2.24, 2.45) is 0 Å². The highest BCUT2D eigenvalue weighted by Crippen LogP contribution is 2.55. The summed E-state index contributed by atoms with van der Waals surface area (Å²) in [5, 5.41) is 0. The molecule has 0 amide bonds. The molecule has 1 fully saturated rings. The fourth-order valence-corrected chi connectivity index (χ4v) is 5.97. The second-order valence-corrected chi connectivity index (χ2v) is 8.98. The van der Waals surface area contributed by atoms with Crippen molar-refractivity contribution in [3.05, 3.63) is 35.9 Å². The van der Waals surface area contributed by atoms with E-state index in [4.69, 9.17) is 0 Å². The van der Waals surface area contributed by atoms with Crippen LogP contribution in [0.25, 0.3) is 0 Å². The van der Waals surface area contributed by atoms with E-state index in [1.807, 2.05) is 11.8 Å². The Bertz CT molecular complexity index is 526. The molecule has 1 aromatic rings. The molecule has 1 aliphatic carbocycles. The summed E-state index contributed by atoms with van der Waals surface area (Å²) in [6, 6.07) is 10.7. The lowest BCUT2D eigenvalue weighted by molar-refractivity contribution is -0.120. The largest absolute Gasteiger partial charge is 0.298 e. The van der Waals surface area contributed by atoms with Gasteiger partial charge in [0.15, 0.2) is 0 Å². The molecule has 0 heterocycles. The Kier molecular flexibility index (Phi) is 8.06. The monoisotopic (exact) mass is 360 g/mol. The number of rotatable bonds is 11. The number of ketones is 1. The van der Waals surface area contributed by atoms with Crippen LogP contribution in [0.3, 0.4) is 0 Å². The first-order valence-electron chi connectivity index (χ1n) is 10.2. The molecule has 1 aromatic carbocycles. The molecule has 0 aromatic heterocycles. The third kappa shape index (κ3) is 4.51. The van der Waals surface area contributed by atoms with Crippen LogP contribution in [-0.4, -0.2) is 16.8 Å². The van der Waals surface area contributed by atoms with E-state index in [0.29, 0.717) is 5.78 Å². The Labute approximate surface area is 159 Å². The number of thioether (sulfide) groups is 1. The molecule has 0 bridgehead atoms. The lowest BCUT2D eigenvalue weighted by atomic mass is 9.71. The average molecular weight is 361 g/mol. The lowest BCUT2D eigenvalue weighted by Crippen LogP contribution is -2.47. The molecule has 2 rings (SSSR count). The van der Waals surface area contributed by atoms with E-state index in [-0.39, 0.29) is 10.2 Å². The first-order chi connectivity index (χ1) is 12.1. The molecule has 0 spiro atoms. The SMILES string of the molecule is CCCCCCCCCC[C@]1(SC)C(=O)CC[C@@]1(C)c1ccccc1. The highest BCUT2D eigenvalue weighted by Gasteiger charge is 2.57. The number of unbranched alkanes of at least 4 members (excludes halogenated alkanes) is 7. The Hall–Kier alpha value is -0.760. The molecule has 0 radical (unpaired) electrons. The predicted octanol–water partition coefficient (Wildman–Crippen LogP) is 6.94. The van der Waals surface area contributed by atoms with Crippen LogP contribution in [0, 0.1) is 0 Å². The zero-order chi connectivity index (χ0) is 18.2. The van der Waals surface area contributed by atoms with Crippen molar-refractivity contribution in [2.45, 2.75) is 94.6 Å². The van der Waals surface area contributed by atoms with Crippen LogP contribution >= 0.6 is 11.8 Å². The Morgan fingerprint density at radius 1 is 0.960 bits per heavy atom. The molecule has 25 heavy (non-hydrogen) atoms. The molecule has 1 nitrogen and oxygen atoms in total. The Balaban J connectivity index is 1.95. The molecule has 140 valence electrons. The van der Waals surface area contributed by atoms with Crippen molar-refractivity contribution in [3.63, 3.8) is 0 Å². The molecule has 0 aliphatic heterocycles. The topological polar surface area (TPSA) is 17.1 Å². The Morgan fingerprint density at radius 2 is 1.56 bits per heavy atom. The third-order valence-electron chi connectivity index (χ3n) is 6.34. The van der Waals surface area contributed by atoms with Gasteiger partial charge in [0.1, 0.15) is 5.78 Å². The predicted molar refractivity (Wildman–Crippen MR) is 112 cm³/mol. The van der Waals surface area contributed by atoms with Crippen LogP contribution < -0.4 is 0 Å². The third-order valence-corrected chi connectivity index (χ3v) is 7.91. The number of benzene rings is 1. The van der Waals surface area contributed by atoms with Gasteiger partial charge in [-0.05, 0) is 24.7 Å². The molecule has 1 saturated carbocycles. The zero-order valence-corrected chi connectivity index (χ0v) is 17.3. The van der Waals surface area contributed by atoms with Gasteiger partial charge in [0.2, 0.25) is 0 Å². The molecular formula is C23H36OS. The highest BCUT2D eigenvalue weighted by molar-refractivity contribution is 8.00. The number of carbonyl (C=O) groups is 1. The number of hydrogen-bond acceptors (Lipinski definition) is 2. The summed E-state index contributed by atoms with van der Waals surface area (Å²) < 4.78 is -0.226. The van der Waals surface area contributed by atoms with Crippen molar-refractivity contribution < 1.29 is 4.79 Å². The summed E-state index contributed by atoms with van der Waals surface area (Å²) in [4.78, 5) is 12.9. The lowest BCUT2D eigenvalue weighted by Gasteiger charge is -2.42. The normalized spacial score (nSPS) is 26.3. The molecule has 0 N–H and O–H groups in total. The smallest absolute Gasteiger partial charge is 0.149 e. The maximum absolute atomic E-state index is 12.9. The van der Waals surface area contributed by atoms with Gasteiger partial charge in [-0.1, -0.05) is 95.5 Å². The van der Waals surface area contributed by atoms with Crippen LogP contribution in [0.5, 0.6) is 0 Å². The Morgan fingerprint density at radius 3 is 2.16 bits per heavy atom. The van der Waals surface area contributed by atoms with E-state index in [1.54, 1.807) is 0 Å². The summed E-state index contributed by atoms with van der Waals surface area (Å²) in [6.07, 6.45) is 15.5. The second-order valence-electron chi connectivity index (χ2n) is 7.88. The molecule has 2 atom stereocenters. The molecule has 0 saturated heterocycles. The van der Waals surface area contributed by atoms with Crippen molar-refractivity contribution in [1.29, 1.82) is 0 Å². The summed E-state index contributed by atoms with van der Waals surface area (Å²) in [5.41, 5.74) is 1.32. The van der Waals surface area contributed by atoms with Gasteiger partial charge in [0.05, 0.1) is 4.75 Å². The van der Waals surface area contributed by atoms with Crippen LogP contribution in [0.4, 0.5) is 0 Å². The zero-order valence-electron chi connectivity index (χ0n) is 16.5. The van der Waals surface area contributed by atoms with Crippen molar-refractivity contribution in [1.82, 2.24) is 0 Å². The van der Waals surface area contributed by atoms with Crippen molar-refractivity contribution in [3.8, 4) is 0 Å². The first kappa shape index (κ1) is 20.6. The van der Waals surface area contributed by atoms with E-state index < -0.39 is 0 Å². The van der Waals surface area contributed by atoms with Crippen LogP contribution in [0.2, 0.25) is 0 Å². The van der Waals surface area contributed by atoms with Gasteiger partial charge in [0.25, 0.3) is 0 Å². The first-order valence-corrected chi connectivity index (χ1v) is 11.5. The fourth-order valence-electron chi connectivity index (χ4n) is 4.62. The van der Waals surface area contributed by atoms with Gasteiger partial charge in [-0.15, -0.1) is 11.8 Å². The maximum Gasteiger partial charge on any atom is 0.149 e. The molecule has 0 unspecified atom stereocenters. The van der Waals surface area contributed by atoms with E-state index in [1.165, 1.54) is 56.9 Å². The van der Waals surface area contributed by atoms with E-state index in [9.17, 15) is 4.79 Å². The summed E-state index contributed by atoms with van der Waals surface area (Å²) in [5.74, 6) is 0.481. The second kappa shape index (κ2) is 9.80. The van der Waals surface area contributed by atoms with Gasteiger partial charge in [-0.3, -0.25) is 4.79 Å². The van der Waals surface area contributed by atoms with Crippen LogP contribution in [0.1, 0.15) is 90.0 Å². The number of Topliss-reactive ketones (excluding diaryl/α,β-unsaturated/α-hetero) is 1. The maximum atomic E-state index is 12.9. The highest BCUT2D eigenvalue weighted by atomic mass is 32.2. The van der Waals surface area contributed by atoms with Crippen molar-refractivity contribution >= 4 is 17.5 Å². The van der Waals surface area contributed by atoms with Gasteiger partial charge >= 0.3 is 0 Å². The van der Waals surface area contributed by atoms with Gasteiger partial charge in [-0.2, -0.15) is 0 Å². The quantitative estimate of drug-likeness (QED) is 0.398. The standard InChI is InChI=1S/C23H36OS/c1-4-5-6-7-8-9-10-14-18-23(25-3)21(24)17-19-22(23,2)20-15-12-11-13-16-20/h11-13,15-16H,4-10,14,17-19H2,1-3H3/t22-,23-/m0/s1. The van der Waals surface area contributed by atoms with E-state index in [0.717, 1.165) is 19.3 Å². The van der Waals surface area contributed by atoms with E-state index in [2.05, 4.69) is 50.4 Å². The number of hydrogen-bond donors (Lipinski definition) is 0. The molecule has 2 heteroatoms. The van der Waals surface area contributed by atoms with Crippen LogP contribution in [-0.2, 0) is 10.2 Å². The average Bonchev–Trinajstić information content (AvgIpc) is 2.90. The van der Waals surface area contributed by atoms with Gasteiger partial charge in [0, 0.05) is 11.8 Å². The van der Waals surface area contributed by atoms with Gasteiger partial charge in [-0.25, -0.2) is 0 Å². The van der Waals surface area contributed by atoms with Crippen LogP contribution in [0.15, 0.2) is 30.3 Å². The minimum Gasteiger partial charge on any atom is -0.298 e.